The minimum atomic E-state index is -0.490. The van der Waals surface area contributed by atoms with E-state index in [1.54, 1.807) is 0 Å². The first-order chi connectivity index (χ1) is 11.0. The van der Waals surface area contributed by atoms with Gasteiger partial charge in [-0.25, -0.2) is 0 Å². The van der Waals surface area contributed by atoms with Crippen molar-refractivity contribution in [1.82, 2.24) is 9.80 Å². The number of carbonyl (C=O) groups is 1. The van der Waals surface area contributed by atoms with E-state index in [0.717, 1.165) is 51.0 Å². The zero-order valence-electron chi connectivity index (χ0n) is 14.2. The highest BCUT2D eigenvalue weighted by Gasteiger charge is 2.37. The van der Waals surface area contributed by atoms with Crippen LogP contribution in [0.3, 0.4) is 0 Å². The molecule has 1 aliphatic heterocycles. The SMILES string of the molecule is CC(C)(C(=O)N1CCN([C@H]2CCC[C@@H]2O)CC1)c1ccccc1. The number of amides is 1. The molecular formula is C19H28N2O2. The molecule has 1 aromatic carbocycles. The van der Waals surface area contributed by atoms with Gasteiger partial charge in [-0.15, -0.1) is 0 Å². The Labute approximate surface area is 139 Å². The average molecular weight is 316 g/mol. The molecule has 1 saturated carbocycles. The molecule has 0 unspecified atom stereocenters. The van der Waals surface area contributed by atoms with Crippen LogP contribution in [0.25, 0.3) is 0 Å². The fraction of sp³-hybridized carbons (Fsp3) is 0.632. The number of carbonyl (C=O) groups excluding carboxylic acids is 1. The lowest BCUT2D eigenvalue weighted by molar-refractivity contribution is -0.138. The maximum Gasteiger partial charge on any atom is 0.232 e. The van der Waals surface area contributed by atoms with Gasteiger partial charge in [-0.05, 0) is 38.7 Å². The van der Waals surface area contributed by atoms with Gasteiger partial charge in [0, 0.05) is 32.2 Å². The molecule has 2 fully saturated rings. The molecule has 0 radical (unpaired) electrons. The lowest BCUT2D eigenvalue weighted by Gasteiger charge is -2.41. The highest BCUT2D eigenvalue weighted by Crippen LogP contribution is 2.28. The van der Waals surface area contributed by atoms with Crippen molar-refractivity contribution in [3.63, 3.8) is 0 Å². The van der Waals surface area contributed by atoms with E-state index in [1.165, 1.54) is 0 Å². The molecule has 1 N–H and O–H groups in total. The monoisotopic (exact) mass is 316 g/mol. The van der Waals surface area contributed by atoms with Crippen molar-refractivity contribution in [2.24, 2.45) is 0 Å². The Morgan fingerprint density at radius 1 is 1.09 bits per heavy atom. The number of piperazine rings is 1. The van der Waals surface area contributed by atoms with Gasteiger partial charge in [-0.3, -0.25) is 9.69 Å². The molecule has 1 aliphatic carbocycles. The van der Waals surface area contributed by atoms with Crippen LogP contribution in [0.15, 0.2) is 30.3 Å². The predicted molar refractivity (Wildman–Crippen MR) is 91.3 cm³/mol. The number of hydrogen-bond acceptors (Lipinski definition) is 3. The molecule has 1 aromatic rings. The van der Waals surface area contributed by atoms with E-state index in [-0.39, 0.29) is 12.0 Å². The summed E-state index contributed by atoms with van der Waals surface area (Å²) >= 11 is 0. The number of aliphatic hydroxyl groups excluding tert-OH is 1. The van der Waals surface area contributed by atoms with Crippen LogP contribution in [0.2, 0.25) is 0 Å². The minimum absolute atomic E-state index is 0.182. The van der Waals surface area contributed by atoms with Crippen molar-refractivity contribution < 1.29 is 9.90 Å². The van der Waals surface area contributed by atoms with E-state index in [0.29, 0.717) is 6.04 Å². The first kappa shape index (κ1) is 16.5. The Bertz CT molecular complexity index is 536. The Hall–Kier alpha value is -1.39. The molecule has 1 heterocycles. The molecule has 1 amide bonds. The summed E-state index contributed by atoms with van der Waals surface area (Å²) in [7, 11) is 0. The highest BCUT2D eigenvalue weighted by molar-refractivity contribution is 5.87. The van der Waals surface area contributed by atoms with E-state index in [9.17, 15) is 9.90 Å². The molecule has 0 aromatic heterocycles. The Balaban J connectivity index is 1.62. The molecule has 0 bridgehead atoms. The summed E-state index contributed by atoms with van der Waals surface area (Å²) in [6.45, 7) is 7.29. The van der Waals surface area contributed by atoms with Crippen LogP contribution in [0.4, 0.5) is 0 Å². The highest BCUT2D eigenvalue weighted by atomic mass is 16.3. The van der Waals surface area contributed by atoms with Gasteiger partial charge < -0.3 is 10.0 Å². The largest absolute Gasteiger partial charge is 0.391 e. The summed E-state index contributed by atoms with van der Waals surface area (Å²) in [6.07, 6.45) is 2.94. The predicted octanol–water partition coefficient (Wildman–Crippen LogP) is 2.02. The van der Waals surface area contributed by atoms with Crippen LogP contribution < -0.4 is 0 Å². The van der Waals surface area contributed by atoms with Gasteiger partial charge in [0.25, 0.3) is 0 Å². The van der Waals surface area contributed by atoms with Crippen molar-refractivity contribution in [2.45, 2.75) is 50.7 Å². The normalized spacial score (nSPS) is 26.5. The van der Waals surface area contributed by atoms with Crippen molar-refractivity contribution in [3.8, 4) is 0 Å². The first-order valence-electron chi connectivity index (χ1n) is 8.77. The molecule has 4 heteroatoms. The number of benzene rings is 1. The lowest BCUT2D eigenvalue weighted by atomic mass is 9.83. The molecule has 126 valence electrons. The van der Waals surface area contributed by atoms with Crippen molar-refractivity contribution >= 4 is 5.91 Å². The van der Waals surface area contributed by atoms with Gasteiger partial charge in [0.1, 0.15) is 0 Å². The van der Waals surface area contributed by atoms with Crippen LogP contribution in [0.1, 0.15) is 38.7 Å². The Kier molecular flexibility index (Phi) is 4.74. The zero-order chi connectivity index (χ0) is 16.4. The topological polar surface area (TPSA) is 43.8 Å². The molecule has 23 heavy (non-hydrogen) atoms. The Morgan fingerprint density at radius 2 is 1.74 bits per heavy atom. The van der Waals surface area contributed by atoms with E-state index in [1.807, 2.05) is 49.1 Å². The summed E-state index contributed by atoms with van der Waals surface area (Å²) in [5.41, 5.74) is 0.578. The van der Waals surface area contributed by atoms with Crippen molar-refractivity contribution in [1.29, 1.82) is 0 Å². The third-order valence-electron chi connectivity index (χ3n) is 5.54. The van der Waals surface area contributed by atoms with E-state index in [2.05, 4.69) is 4.90 Å². The number of nitrogens with zero attached hydrogens (tertiary/aromatic N) is 2. The van der Waals surface area contributed by atoms with Gasteiger partial charge in [0.05, 0.1) is 11.5 Å². The van der Waals surface area contributed by atoms with Gasteiger partial charge in [-0.1, -0.05) is 30.3 Å². The summed E-state index contributed by atoms with van der Waals surface area (Å²) < 4.78 is 0. The second-order valence-electron chi connectivity index (χ2n) is 7.38. The zero-order valence-corrected chi connectivity index (χ0v) is 14.2. The molecular weight excluding hydrogens is 288 g/mol. The van der Waals surface area contributed by atoms with Gasteiger partial charge in [0.2, 0.25) is 5.91 Å². The standard InChI is InChI=1S/C19H28N2O2/c1-19(2,15-7-4-3-5-8-15)18(23)21-13-11-20(12-14-21)16-9-6-10-17(16)22/h3-5,7-8,16-17,22H,6,9-14H2,1-2H3/t16-,17-/m0/s1. The fourth-order valence-electron chi connectivity index (χ4n) is 3.98. The van der Waals surface area contributed by atoms with Crippen LogP contribution in [-0.4, -0.2) is 59.1 Å². The van der Waals surface area contributed by atoms with Gasteiger partial charge >= 0.3 is 0 Å². The maximum absolute atomic E-state index is 13.0. The van der Waals surface area contributed by atoms with Crippen molar-refractivity contribution in [2.75, 3.05) is 26.2 Å². The first-order valence-corrected chi connectivity index (χ1v) is 8.77. The van der Waals surface area contributed by atoms with E-state index in [4.69, 9.17) is 0 Å². The molecule has 3 rings (SSSR count). The van der Waals surface area contributed by atoms with Crippen LogP contribution in [0.5, 0.6) is 0 Å². The molecule has 1 saturated heterocycles. The quantitative estimate of drug-likeness (QED) is 0.928. The van der Waals surface area contributed by atoms with E-state index < -0.39 is 5.41 Å². The third kappa shape index (κ3) is 3.29. The summed E-state index contributed by atoms with van der Waals surface area (Å²) in [6, 6.07) is 10.3. The average Bonchev–Trinajstić information content (AvgIpc) is 3.01. The van der Waals surface area contributed by atoms with Gasteiger partial charge in [-0.2, -0.15) is 0 Å². The maximum atomic E-state index is 13.0. The number of hydrogen-bond donors (Lipinski definition) is 1. The van der Waals surface area contributed by atoms with Gasteiger partial charge in [0.15, 0.2) is 0 Å². The fourth-order valence-corrected chi connectivity index (χ4v) is 3.98. The summed E-state index contributed by atoms with van der Waals surface area (Å²) in [5.74, 6) is 0.204. The lowest BCUT2D eigenvalue weighted by Crippen LogP contribution is -2.56. The molecule has 2 aliphatic rings. The summed E-state index contributed by atoms with van der Waals surface area (Å²) in [5, 5.41) is 10.1. The molecule has 2 atom stereocenters. The van der Waals surface area contributed by atoms with Crippen LogP contribution in [0, 0.1) is 0 Å². The second-order valence-corrected chi connectivity index (χ2v) is 7.38. The van der Waals surface area contributed by atoms with E-state index >= 15 is 0 Å². The minimum Gasteiger partial charge on any atom is -0.391 e. The Morgan fingerprint density at radius 3 is 2.30 bits per heavy atom. The van der Waals surface area contributed by atoms with Crippen LogP contribution >= 0.6 is 0 Å². The smallest absolute Gasteiger partial charge is 0.232 e. The second kappa shape index (κ2) is 6.62. The molecule has 4 nitrogen and oxygen atoms in total. The van der Waals surface area contributed by atoms with Crippen molar-refractivity contribution in [3.05, 3.63) is 35.9 Å². The van der Waals surface area contributed by atoms with Crippen LogP contribution in [-0.2, 0) is 10.2 Å². The molecule has 0 spiro atoms. The third-order valence-corrected chi connectivity index (χ3v) is 5.54. The summed E-state index contributed by atoms with van der Waals surface area (Å²) in [4.78, 5) is 17.3. The number of rotatable bonds is 3. The number of aliphatic hydroxyl groups is 1.